The maximum absolute atomic E-state index is 12.9. The molecule has 6 nitrogen and oxygen atoms in total. The lowest BCUT2D eigenvalue weighted by Gasteiger charge is -2.11. The number of anilines is 1. The highest BCUT2D eigenvalue weighted by molar-refractivity contribution is 5.46. The summed E-state index contributed by atoms with van der Waals surface area (Å²) < 4.78 is 38.6. The summed E-state index contributed by atoms with van der Waals surface area (Å²) in [6.45, 7) is 1.43. The van der Waals surface area contributed by atoms with Crippen LogP contribution in [0.5, 0.6) is 0 Å². The van der Waals surface area contributed by atoms with Gasteiger partial charge >= 0.3 is 6.18 Å². The molecule has 0 aliphatic carbocycles. The molecule has 9 heteroatoms. The standard InChI is InChI=1S/C10H10F3N5O/c1-5(19)8-4-16-18(17-8)9-7(10(11,12)13)2-6(14)3-15-9/h2-5,19H,14H2,1H3. The molecule has 0 spiro atoms. The van der Waals surface area contributed by atoms with E-state index in [-0.39, 0.29) is 11.4 Å². The van der Waals surface area contributed by atoms with Crippen molar-refractivity contribution < 1.29 is 18.3 Å². The van der Waals surface area contributed by atoms with E-state index in [1.54, 1.807) is 0 Å². The van der Waals surface area contributed by atoms with Crippen molar-refractivity contribution in [3.63, 3.8) is 0 Å². The number of hydrogen-bond acceptors (Lipinski definition) is 5. The van der Waals surface area contributed by atoms with Gasteiger partial charge in [0.1, 0.15) is 11.3 Å². The Labute approximate surface area is 105 Å². The normalized spacial score (nSPS) is 13.5. The van der Waals surface area contributed by atoms with E-state index in [1.165, 1.54) is 13.1 Å². The van der Waals surface area contributed by atoms with E-state index in [0.29, 0.717) is 4.80 Å². The monoisotopic (exact) mass is 273 g/mol. The third-order valence-corrected chi connectivity index (χ3v) is 2.32. The van der Waals surface area contributed by atoms with Crippen LogP contribution >= 0.6 is 0 Å². The van der Waals surface area contributed by atoms with Crippen LogP contribution in [0.25, 0.3) is 5.82 Å². The van der Waals surface area contributed by atoms with Gasteiger partial charge in [0, 0.05) is 0 Å². The molecule has 2 aromatic rings. The van der Waals surface area contributed by atoms with Crippen LogP contribution in [0.4, 0.5) is 18.9 Å². The van der Waals surface area contributed by atoms with Crippen LogP contribution in [0.2, 0.25) is 0 Å². The fourth-order valence-corrected chi connectivity index (χ4v) is 1.41. The van der Waals surface area contributed by atoms with Crippen molar-refractivity contribution in [3.05, 3.63) is 29.7 Å². The van der Waals surface area contributed by atoms with Crippen LogP contribution in [0.1, 0.15) is 24.3 Å². The summed E-state index contributed by atoms with van der Waals surface area (Å²) in [4.78, 5) is 4.31. The number of nitrogens with zero attached hydrogens (tertiary/aromatic N) is 4. The Bertz CT molecular complexity index is 593. The molecule has 2 rings (SSSR count). The molecule has 0 aliphatic rings. The zero-order chi connectivity index (χ0) is 14.2. The predicted octanol–water partition coefficient (Wildman–Crippen LogP) is 1.32. The molecule has 0 bridgehead atoms. The zero-order valence-corrected chi connectivity index (χ0v) is 9.76. The third kappa shape index (κ3) is 2.65. The average molecular weight is 273 g/mol. The Morgan fingerprint density at radius 3 is 2.58 bits per heavy atom. The van der Waals surface area contributed by atoms with Crippen LogP contribution in [0.15, 0.2) is 18.5 Å². The van der Waals surface area contributed by atoms with Gasteiger partial charge < -0.3 is 10.8 Å². The molecule has 102 valence electrons. The Hall–Kier alpha value is -2.16. The van der Waals surface area contributed by atoms with Crippen LogP contribution in [-0.2, 0) is 6.18 Å². The number of aromatic nitrogens is 4. The van der Waals surface area contributed by atoms with Gasteiger partial charge in [0.2, 0.25) is 0 Å². The van der Waals surface area contributed by atoms with Crippen LogP contribution in [-0.4, -0.2) is 25.1 Å². The first-order chi connectivity index (χ1) is 8.79. The molecule has 1 atom stereocenters. The first-order valence-corrected chi connectivity index (χ1v) is 5.22. The number of halogens is 3. The first kappa shape index (κ1) is 13.3. The largest absolute Gasteiger partial charge is 0.420 e. The van der Waals surface area contributed by atoms with E-state index in [0.717, 1.165) is 12.3 Å². The zero-order valence-electron chi connectivity index (χ0n) is 9.76. The molecule has 2 heterocycles. The van der Waals surface area contributed by atoms with E-state index in [1.807, 2.05) is 0 Å². The van der Waals surface area contributed by atoms with E-state index < -0.39 is 23.7 Å². The fourth-order valence-electron chi connectivity index (χ4n) is 1.41. The highest BCUT2D eigenvalue weighted by atomic mass is 19.4. The molecule has 3 N–H and O–H groups in total. The highest BCUT2D eigenvalue weighted by Gasteiger charge is 2.36. The fraction of sp³-hybridized carbons (Fsp3) is 0.300. The van der Waals surface area contributed by atoms with Gasteiger partial charge in [-0.15, -0.1) is 9.90 Å². The molecule has 0 saturated carbocycles. The van der Waals surface area contributed by atoms with Crippen LogP contribution < -0.4 is 5.73 Å². The molecular formula is C10H10F3N5O. The Morgan fingerprint density at radius 1 is 1.37 bits per heavy atom. The topological polar surface area (TPSA) is 89.9 Å². The van der Waals surface area contributed by atoms with Gasteiger partial charge in [-0.05, 0) is 13.0 Å². The molecule has 0 fully saturated rings. The summed E-state index contributed by atoms with van der Waals surface area (Å²) in [6.07, 6.45) is -3.31. The summed E-state index contributed by atoms with van der Waals surface area (Å²) in [7, 11) is 0. The summed E-state index contributed by atoms with van der Waals surface area (Å²) in [5.41, 5.74) is 4.29. The van der Waals surface area contributed by atoms with E-state index in [9.17, 15) is 18.3 Å². The molecule has 0 aliphatic heterocycles. The molecule has 0 radical (unpaired) electrons. The summed E-state index contributed by atoms with van der Waals surface area (Å²) in [5.74, 6) is -0.492. The average Bonchev–Trinajstić information content (AvgIpc) is 2.77. The number of nitrogens with two attached hydrogens (primary N) is 1. The van der Waals surface area contributed by atoms with Crippen LogP contribution in [0, 0.1) is 0 Å². The van der Waals surface area contributed by atoms with Gasteiger partial charge in [-0.25, -0.2) is 4.98 Å². The lowest BCUT2D eigenvalue weighted by molar-refractivity contribution is -0.137. The summed E-state index contributed by atoms with van der Waals surface area (Å²) in [5, 5.41) is 16.7. The SMILES string of the molecule is CC(O)c1cnn(-c2ncc(N)cc2C(F)(F)F)n1. The van der Waals surface area contributed by atoms with Crippen molar-refractivity contribution in [3.8, 4) is 5.82 Å². The number of aliphatic hydroxyl groups excluding tert-OH is 1. The molecule has 19 heavy (non-hydrogen) atoms. The first-order valence-electron chi connectivity index (χ1n) is 5.22. The minimum absolute atomic E-state index is 0.112. The van der Waals surface area contributed by atoms with Gasteiger partial charge in [0.25, 0.3) is 0 Å². The van der Waals surface area contributed by atoms with Crippen molar-refractivity contribution in [1.29, 1.82) is 0 Å². The number of aliphatic hydroxyl groups is 1. The smallest absolute Gasteiger partial charge is 0.397 e. The highest BCUT2D eigenvalue weighted by Crippen LogP contribution is 2.33. The maximum atomic E-state index is 12.9. The maximum Gasteiger partial charge on any atom is 0.420 e. The second-order valence-electron chi connectivity index (χ2n) is 3.87. The Morgan fingerprint density at radius 2 is 2.05 bits per heavy atom. The van der Waals surface area contributed by atoms with Crippen molar-refractivity contribution in [1.82, 2.24) is 20.0 Å². The van der Waals surface area contributed by atoms with Crippen LogP contribution in [0.3, 0.4) is 0 Å². The van der Waals surface area contributed by atoms with Gasteiger partial charge in [0.05, 0.1) is 24.2 Å². The molecule has 0 saturated heterocycles. The number of alkyl halides is 3. The van der Waals surface area contributed by atoms with Gasteiger partial charge in [0.15, 0.2) is 5.82 Å². The van der Waals surface area contributed by atoms with Crippen molar-refractivity contribution in [2.24, 2.45) is 0 Å². The number of hydrogen-bond donors (Lipinski definition) is 2. The quantitative estimate of drug-likeness (QED) is 0.861. The van der Waals surface area contributed by atoms with Crippen molar-refractivity contribution in [2.45, 2.75) is 19.2 Å². The molecule has 0 amide bonds. The van der Waals surface area contributed by atoms with Crippen molar-refractivity contribution >= 4 is 5.69 Å². The van der Waals surface area contributed by atoms with E-state index in [2.05, 4.69) is 15.2 Å². The summed E-state index contributed by atoms with van der Waals surface area (Å²) >= 11 is 0. The molecule has 2 aromatic heterocycles. The molecule has 1 unspecified atom stereocenters. The van der Waals surface area contributed by atoms with E-state index >= 15 is 0 Å². The number of rotatable bonds is 2. The van der Waals surface area contributed by atoms with E-state index in [4.69, 9.17) is 5.73 Å². The van der Waals surface area contributed by atoms with Gasteiger partial charge in [-0.2, -0.15) is 18.3 Å². The third-order valence-electron chi connectivity index (χ3n) is 2.32. The van der Waals surface area contributed by atoms with Gasteiger partial charge in [-0.1, -0.05) is 0 Å². The molecule has 0 aromatic carbocycles. The summed E-state index contributed by atoms with van der Waals surface area (Å²) in [6, 6.07) is 0.758. The Balaban J connectivity index is 2.55. The van der Waals surface area contributed by atoms with Gasteiger partial charge in [-0.3, -0.25) is 0 Å². The minimum atomic E-state index is -4.63. The van der Waals surface area contributed by atoms with Crippen molar-refractivity contribution in [2.75, 3.05) is 5.73 Å². The Kier molecular flexibility index (Phi) is 3.14. The lowest BCUT2D eigenvalue weighted by atomic mass is 10.2. The second-order valence-corrected chi connectivity index (χ2v) is 3.87. The predicted molar refractivity (Wildman–Crippen MR) is 59.2 cm³/mol. The minimum Gasteiger partial charge on any atom is -0.397 e. The molecular weight excluding hydrogens is 263 g/mol. The second kappa shape index (κ2) is 4.50. The lowest BCUT2D eigenvalue weighted by Crippen LogP contribution is -2.15. The number of pyridine rings is 1. The number of nitrogen functional groups attached to an aromatic ring is 1.